The molecule has 3 N–H and O–H groups in total. The summed E-state index contributed by atoms with van der Waals surface area (Å²) in [4.78, 5) is 27.4. The minimum Gasteiger partial charge on any atom is -0.327 e. The molecule has 5 nitrogen and oxygen atoms in total. The second kappa shape index (κ2) is 4.78. The van der Waals surface area contributed by atoms with E-state index in [9.17, 15) is 9.59 Å². The molecule has 1 aliphatic rings. The third-order valence-electron chi connectivity index (χ3n) is 3.63. The zero-order valence-electron chi connectivity index (χ0n) is 10.5. The van der Waals surface area contributed by atoms with Gasteiger partial charge in [-0.05, 0) is 19.8 Å². The summed E-state index contributed by atoms with van der Waals surface area (Å²) in [7, 11) is 0. The number of carbonyl (C=O) groups excluding carboxylic acids is 2. The smallest absolute Gasteiger partial charge is 0.233 e. The number of hydrogen-bond donors (Lipinski definition) is 2. The van der Waals surface area contributed by atoms with Crippen LogP contribution in [0.1, 0.15) is 43.6 Å². The third-order valence-corrected chi connectivity index (χ3v) is 4.39. The van der Waals surface area contributed by atoms with Crippen LogP contribution in [-0.4, -0.2) is 22.7 Å². The number of ketones is 1. The van der Waals surface area contributed by atoms with Gasteiger partial charge in [0.25, 0.3) is 0 Å². The monoisotopic (exact) mass is 267 g/mol. The van der Waals surface area contributed by atoms with Crippen LogP contribution in [0.15, 0.2) is 5.38 Å². The van der Waals surface area contributed by atoms with Crippen LogP contribution in [0.3, 0.4) is 0 Å². The molecule has 6 heteroatoms. The molecule has 0 aliphatic heterocycles. The fraction of sp³-hybridized carbons (Fsp3) is 0.583. The number of carbonyl (C=O) groups is 2. The Kier molecular flexibility index (Phi) is 3.49. The van der Waals surface area contributed by atoms with Crippen molar-refractivity contribution < 1.29 is 9.59 Å². The lowest BCUT2D eigenvalue weighted by Crippen LogP contribution is -2.44. The van der Waals surface area contributed by atoms with E-state index in [1.54, 1.807) is 5.38 Å². The molecule has 1 heterocycles. The van der Waals surface area contributed by atoms with Crippen LogP contribution in [0, 0.1) is 5.41 Å². The van der Waals surface area contributed by atoms with Crippen molar-refractivity contribution in [3.8, 4) is 0 Å². The maximum absolute atomic E-state index is 12.2. The molecular formula is C12H17N3O2S. The minimum absolute atomic E-state index is 0.100. The summed E-state index contributed by atoms with van der Waals surface area (Å²) in [5.74, 6) is -0.201. The van der Waals surface area contributed by atoms with E-state index in [1.807, 2.05) is 6.92 Å². The van der Waals surface area contributed by atoms with Crippen LogP contribution in [-0.2, 0) is 4.79 Å². The van der Waals surface area contributed by atoms with E-state index in [0.29, 0.717) is 10.8 Å². The highest BCUT2D eigenvalue weighted by Gasteiger charge is 2.43. The summed E-state index contributed by atoms with van der Waals surface area (Å²) in [5.41, 5.74) is 5.85. The summed E-state index contributed by atoms with van der Waals surface area (Å²) in [5, 5.41) is 4.88. The number of nitrogens with one attached hydrogen (secondary N) is 1. The molecule has 1 fully saturated rings. The van der Waals surface area contributed by atoms with Gasteiger partial charge in [-0.3, -0.25) is 9.59 Å². The topological polar surface area (TPSA) is 85.1 Å². The van der Waals surface area contributed by atoms with Gasteiger partial charge >= 0.3 is 0 Å². The van der Waals surface area contributed by atoms with E-state index >= 15 is 0 Å². The number of amides is 1. The molecule has 1 saturated carbocycles. The molecule has 2 unspecified atom stereocenters. The zero-order chi connectivity index (χ0) is 13.3. The van der Waals surface area contributed by atoms with Crippen LogP contribution < -0.4 is 11.1 Å². The Labute approximate surface area is 110 Å². The number of aromatic nitrogens is 1. The first-order chi connectivity index (χ1) is 8.43. The molecule has 18 heavy (non-hydrogen) atoms. The van der Waals surface area contributed by atoms with Crippen molar-refractivity contribution in [2.24, 2.45) is 11.1 Å². The fourth-order valence-corrected chi connectivity index (χ4v) is 2.95. The van der Waals surface area contributed by atoms with Crippen molar-refractivity contribution in [1.29, 1.82) is 0 Å². The standard InChI is InChI=1S/C12H17N3O2S/c1-7(16)8-6-18-11(14-8)15-10(17)12(2)5-3-4-9(12)13/h6,9H,3-5,13H2,1-2H3,(H,14,15,17). The maximum Gasteiger partial charge on any atom is 0.233 e. The number of thiazole rings is 1. The van der Waals surface area contributed by atoms with Gasteiger partial charge in [0.15, 0.2) is 10.9 Å². The number of nitrogens with zero attached hydrogens (tertiary/aromatic N) is 1. The molecule has 1 amide bonds. The lowest BCUT2D eigenvalue weighted by atomic mass is 9.84. The Balaban J connectivity index is 2.09. The maximum atomic E-state index is 12.2. The predicted octanol–water partition coefficient (Wildman–Crippen LogP) is 1.80. The molecule has 0 spiro atoms. The van der Waals surface area contributed by atoms with Crippen molar-refractivity contribution in [3.05, 3.63) is 11.1 Å². The van der Waals surface area contributed by atoms with E-state index in [1.165, 1.54) is 18.3 Å². The van der Waals surface area contributed by atoms with Gasteiger partial charge in [-0.1, -0.05) is 6.42 Å². The van der Waals surface area contributed by atoms with E-state index in [0.717, 1.165) is 19.3 Å². The quantitative estimate of drug-likeness (QED) is 0.818. The lowest BCUT2D eigenvalue weighted by molar-refractivity contribution is -0.125. The van der Waals surface area contributed by atoms with Gasteiger partial charge in [0, 0.05) is 18.3 Å². The molecule has 98 valence electrons. The summed E-state index contributed by atoms with van der Waals surface area (Å²) in [6, 6.07) is -0.107. The number of nitrogens with two attached hydrogens (primary N) is 1. The third kappa shape index (κ3) is 2.30. The zero-order valence-corrected chi connectivity index (χ0v) is 11.3. The Hall–Kier alpha value is -1.27. The van der Waals surface area contributed by atoms with Crippen LogP contribution in [0.4, 0.5) is 5.13 Å². The summed E-state index contributed by atoms with van der Waals surface area (Å²) in [6.45, 7) is 3.34. The minimum atomic E-state index is -0.526. The molecule has 2 rings (SSSR count). The second-order valence-corrected chi connectivity index (χ2v) is 5.82. The summed E-state index contributed by atoms with van der Waals surface area (Å²) in [6.07, 6.45) is 2.65. The highest BCUT2D eigenvalue weighted by Crippen LogP contribution is 2.37. The van der Waals surface area contributed by atoms with Crippen LogP contribution >= 0.6 is 11.3 Å². The van der Waals surface area contributed by atoms with Crippen molar-refractivity contribution in [3.63, 3.8) is 0 Å². The number of Topliss-reactive ketones (excluding diaryl/α,β-unsaturated/α-hetero) is 1. The largest absolute Gasteiger partial charge is 0.327 e. The molecule has 0 bridgehead atoms. The molecular weight excluding hydrogens is 250 g/mol. The van der Waals surface area contributed by atoms with Crippen molar-refractivity contribution in [2.75, 3.05) is 5.32 Å². The van der Waals surface area contributed by atoms with Gasteiger partial charge in [0.2, 0.25) is 5.91 Å². The van der Waals surface area contributed by atoms with Crippen molar-refractivity contribution in [1.82, 2.24) is 4.98 Å². The first kappa shape index (κ1) is 13.2. The van der Waals surface area contributed by atoms with Gasteiger partial charge in [0.1, 0.15) is 5.69 Å². The molecule has 2 atom stereocenters. The summed E-state index contributed by atoms with van der Waals surface area (Å²) >= 11 is 1.26. The van der Waals surface area contributed by atoms with Crippen molar-refractivity contribution in [2.45, 2.75) is 39.2 Å². The van der Waals surface area contributed by atoms with E-state index in [-0.39, 0.29) is 17.7 Å². The molecule has 1 aliphatic carbocycles. The molecule has 0 radical (unpaired) electrons. The van der Waals surface area contributed by atoms with Gasteiger partial charge in [0.05, 0.1) is 5.41 Å². The molecule has 1 aromatic heterocycles. The predicted molar refractivity (Wildman–Crippen MR) is 70.7 cm³/mol. The van der Waals surface area contributed by atoms with E-state index < -0.39 is 5.41 Å². The van der Waals surface area contributed by atoms with Crippen LogP contribution in [0.25, 0.3) is 0 Å². The second-order valence-electron chi connectivity index (χ2n) is 4.96. The average Bonchev–Trinajstić information content (AvgIpc) is 2.88. The summed E-state index contributed by atoms with van der Waals surface area (Å²) < 4.78 is 0. The van der Waals surface area contributed by atoms with Gasteiger partial charge < -0.3 is 11.1 Å². The Morgan fingerprint density at radius 1 is 1.61 bits per heavy atom. The van der Waals surface area contributed by atoms with E-state index in [2.05, 4.69) is 10.3 Å². The first-order valence-corrected chi connectivity index (χ1v) is 6.85. The Morgan fingerprint density at radius 2 is 2.33 bits per heavy atom. The van der Waals surface area contributed by atoms with Gasteiger partial charge in [-0.15, -0.1) is 11.3 Å². The fourth-order valence-electron chi connectivity index (χ4n) is 2.21. The first-order valence-electron chi connectivity index (χ1n) is 5.97. The Bertz CT molecular complexity index is 485. The van der Waals surface area contributed by atoms with Crippen molar-refractivity contribution >= 4 is 28.2 Å². The van der Waals surface area contributed by atoms with Gasteiger partial charge in [-0.2, -0.15) is 0 Å². The van der Waals surface area contributed by atoms with Crippen LogP contribution in [0.2, 0.25) is 0 Å². The lowest BCUT2D eigenvalue weighted by Gasteiger charge is -2.26. The van der Waals surface area contributed by atoms with Gasteiger partial charge in [-0.25, -0.2) is 4.98 Å². The van der Waals surface area contributed by atoms with Crippen LogP contribution in [0.5, 0.6) is 0 Å². The van der Waals surface area contributed by atoms with E-state index in [4.69, 9.17) is 5.73 Å². The molecule has 0 saturated heterocycles. The molecule has 0 aromatic carbocycles. The normalized spacial score (nSPS) is 27.2. The number of anilines is 1. The average molecular weight is 267 g/mol. The number of rotatable bonds is 3. The number of hydrogen-bond acceptors (Lipinski definition) is 5. The molecule has 1 aromatic rings. The highest BCUT2D eigenvalue weighted by atomic mass is 32.1. The SMILES string of the molecule is CC(=O)c1csc(NC(=O)C2(C)CCCC2N)n1. The Morgan fingerprint density at radius 3 is 2.83 bits per heavy atom. The highest BCUT2D eigenvalue weighted by molar-refractivity contribution is 7.14.